The van der Waals surface area contributed by atoms with Crippen LogP contribution in [0.2, 0.25) is 0 Å². The van der Waals surface area contributed by atoms with Gasteiger partial charge in [0.1, 0.15) is 5.69 Å². The molecule has 0 saturated heterocycles. The van der Waals surface area contributed by atoms with E-state index in [2.05, 4.69) is 25.9 Å². The maximum absolute atomic E-state index is 13.3. The van der Waals surface area contributed by atoms with Crippen LogP contribution in [0.15, 0.2) is 6.20 Å². The van der Waals surface area contributed by atoms with E-state index in [9.17, 15) is 4.79 Å². The van der Waals surface area contributed by atoms with Crippen molar-refractivity contribution in [2.75, 3.05) is 7.11 Å². The van der Waals surface area contributed by atoms with E-state index in [1.807, 2.05) is 4.68 Å². The monoisotopic (exact) mass is 292 g/mol. The zero-order chi connectivity index (χ0) is 15.5. The van der Waals surface area contributed by atoms with Crippen LogP contribution in [0.1, 0.15) is 69.8 Å². The first-order valence-electron chi connectivity index (χ1n) is 8.18. The van der Waals surface area contributed by atoms with E-state index < -0.39 is 0 Å². The highest BCUT2D eigenvalue weighted by molar-refractivity contribution is 6.01. The Kier molecular flexibility index (Phi) is 5.07. The highest BCUT2D eigenvalue weighted by atomic mass is 16.5. The molecule has 4 nitrogen and oxygen atoms in total. The molecule has 1 aliphatic carbocycles. The minimum absolute atomic E-state index is 0.201. The van der Waals surface area contributed by atoms with Gasteiger partial charge in [0.05, 0.1) is 13.3 Å². The molecule has 1 aromatic heterocycles. The second-order valence-corrected chi connectivity index (χ2v) is 6.70. The van der Waals surface area contributed by atoms with Crippen molar-refractivity contribution >= 4 is 5.78 Å². The zero-order valence-corrected chi connectivity index (χ0v) is 13.8. The molecule has 0 amide bonds. The summed E-state index contributed by atoms with van der Waals surface area (Å²) in [5, 5.41) is 4.35. The summed E-state index contributed by atoms with van der Waals surface area (Å²) in [4.78, 5) is 13.3. The summed E-state index contributed by atoms with van der Waals surface area (Å²) < 4.78 is 7.23. The number of hydrogen-bond donors (Lipinski definition) is 0. The van der Waals surface area contributed by atoms with Crippen molar-refractivity contribution in [3.63, 3.8) is 0 Å². The fourth-order valence-electron chi connectivity index (χ4n) is 3.74. The van der Waals surface area contributed by atoms with Gasteiger partial charge in [0, 0.05) is 12.0 Å². The molecule has 0 aromatic carbocycles. The molecule has 1 fully saturated rings. The predicted molar refractivity (Wildman–Crippen MR) is 83.8 cm³/mol. The second-order valence-electron chi connectivity index (χ2n) is 6.70. The summed E-state index contributed by atoms with van der Waals surface area (Å²) >= 11 is 0. The van der Waals surface area contributed by atoms with Crippen molar-refractivity contribution in [1.29, 1.82) is 0 Å². The molecule has 0 atom stereocenters. The Balaban J connectivity index is 2.38. The molecule has 21 heavy (non-hydrogen) atoms. The Labute approximate surface area is 127 Å². The van der Waals surface area contributed by atoms with E-state index in [1.165, 1.54) is 0 Å². The number of carbonyl (C=O) groups excluding carboxylic acids is 1. The molecule has 0 N–H and O–H groups in total. The van der Waals surface area contributed by atoms with Gasteiger partial charge in [0.25, 0.3) is 0 Å². The third-order valence-electron chi connectivity index (χ3n) is 4.52. The summed E-state index contributed by atoms with van der Waals surface area (Å²) in [6.45, 7) is 7.27. The number of Topliss-reactive ketones (excluding diaryl/α,β-unsaturated/α-hetero) is 1. The molecule has 118 valence electrons. The van der Waals surface area contributed by atoms with Gasteiger partial charge in [0.2, 0.25) is 0 Å². The van der Waals surface area contributed by atoms with Crippen LogP contribution < -0.4 is 4.74 Å². The average Bonchev–Trinajstić information content (AvgIpc) is 3.05. The van der Waals surface area contributed by atoms with E-state index in [4.69, 9.17) is 4.74 Å². The van der Waals surface area contributed by atoms with Crippen LogP contribution in [-0.4, -0.2) is 22.7 Å². The molecule has 0 bridgehead atoms. The SMILES string of the molecule is CCCn1ncc(OC)c1C(=O)C1(CC(C)C)CCCC1. The maximum atomic E-state index is 13.3. The zero-order valence-electron chi connectivity index (χ0n) is 13.8. The molecule has 0 unspecified atom stereocenters. The molecule has 0 spiro atoms. The fourth-order valence-corrected chi connectivity index (χ4v) is 3.74. The molecular formula is C17H28N2O2. The van der Waals surface area contributed by atoms with E-state index in [0.29, 0.717) is 17.4 Å². The maximum Gasteiger partial charge on any atom is 0.190 e. The first-order chi connectivity index (χ1) is 10.0. The molecule has 2 rings (SSSR count). The fraction of sp³-hybridized carbons (Fsp3) is 0.765. The van der Waals surface area contributed by atoms with Gasteiger partial charge in [-0.3, -0.25) is 9.48 Å². The molecule has 0 radical (unpaired) electrons. The smallest absolute Gasteiger partial charge is 0.190 e. The lowest BCUT2D eigenvalue weighted by Crippen LogP contribution is -2.32. The summed E-state index contributed by atoms with van der Waals surface area (Å²) in [5.74, 6) is 1.40. The van der Waals surface area contributed by atoms with Gasteiger partial charge < -0.3 is 4.74 Å². The van der Waals surface area contributed by atoms with Crippen LogP contribution in [0.25, 0.3) is 0 Å². The topological polar surface area (TPSA) is 44.1 Å². The number of nitrogens with zero attached hydrogens (tertiary/aromatic N) is 2. The van der Waals surface area contributed by atoms with Crippen molar-refractivity contribution in [3.05, 3.63) is 11.9 Å². The number of aryl methyl sites for hydroxylation is 1. The Bertz CT molecular complexity index is 485. The van der Waals surface area contributed by atoms with Crippen LogP contribution in [0, 0.1) is 11.3 Å². The molecule has 1 aromatic rings. The highest BCUT2D eigenvalue weighted by Gasteiger charge is 2.44. The van der Waals surface area contributed by atoms with E-state index in [0.717, 1.165) is 45.1 Å². The number of ketones is 1. The third-order valence-corrected chi connectivity index (χ3v) is 4.52. The van der Waals surface area contributed by atoms with Crippen molar-refractivity contribution in [3.8, 4) is 5.75 Å². The second kappa shape index (κ2) is 6.63. The lowest BCUT2D eigenvalue weighted by Gasteiger charge is -2.29. The van der Waals surface area contributed by atoms with Crippen molar-refractivity contribution in [2.24, 2.45) is 11.3 Å². The first kappa shape index (κ1) is 16.1. The van der Waals surface area contributed by atoms with Crippen LogP contribution in [0.4, 0.5) is 0 Å². The lowest BCUT2D eigenvalue weighted by molar-refractivity contribution is 0.0744. The minimum Gasteiger partial charge on any atom is -0.493 e. The Morgan fingerprint density at radius 3 is 2.62 bits per heavy atom. The van der Waals surface area contributed by atoms with Crippen LogP contribution in [0.3, 0.4) is 0 Å². The standard InChI is InChI=1S/C17H28N2O2/c1-5-10-19-15(14(21-4)12-18-19)16(20)17(11-13(2)3)8-6-7-9-17/h12-13H,5-11H2,1-4H3. The van der Waals surface area contributed by atoms with E-state index in [-0.39, 0.29) is 11.2 Å². The highest BCUT2D eigenvalue weighted by Crippen LogP contribution is 2.46. The van der Waals surface area contributed by atoms with Gasteiger partial charge >= 0.3 is 0 Å². The first-order valence-corrected chi connectivity index (χ1v) is 8.18. The van der Waals surface area contributed by atoms with Gasteiger partial charge in [-0.1, -0.05) is 33.6 Å². The summed E-state index contributed by atoms with van der Waals surface area (Å²) in [6, 6.07) is 0. The number of methoxy groups -OCH3 is 1. The Morgan fingerprint density at radius 1 is 1.43 bits per heavy atom. The summed E-state index contributed by atoms with van der Waals surface area (Å²) in [5.41, 5.74) is 0.481. The Morgan fingerprint density at radius 2 is 2.10 bits per heavy atom. The normalized spacial score (nSPS) is 17.4. The molecule has 1 saturated carbocycles. The lowest BCUT2D eigenvalue weighted by atomic mass is 9.74. The largest absolute Gasteiger partial charge is 0.493 e. The molecule has 1 heterocycles. The number of ether oxygens (including phenoxy) is 1. The third kappa shape index (κ3) is 3.14. The van der Waals surface area contributed by atoms with Crippen LogP contribution in [0.5, 0.6) is 5.75 Å². The summed E-state index contributed by atoms with van der Waals surface area (Å²) in [7, 11) is 1.62. The number of hydrogen-bond acceptors (Lipinski definition) is 3. The molecular weight excluding hydrogens is 264 g/mol. The van der Waals surface area contributed by atoms with Gasteiger partial charge in [-0.15, -0.1) is 0 Å². The van der Waals surface area contributed by atoms with Crippen molar-refractivity contribution in [2.45, 2.75) is 65.8 Å². The predicted octanol–water partition coefficient (Wildman–Crippen LogP) is 4.09. The van der Waals surface area contributed by atoms with Gasteiger partial charge in [-0.25, -0.2) is 0 Å². The number of carbonyl (C=O) groups is 1. The van der Waals surface area contributed by atoms with Crippen molar-refractivity contribution < 1.29 is 9.53 Å². The average molecular weight is 292 g/mol. The van der Waals surface area contributed by atoms with Crippen LogP contribution >= 0.6 is 0 Å². The van der Waals surface area contributed by atoms with Gasteiger partial charge in [0.15, 0.2) is 11.5 Å². The molecule has 1 aliphatic rings. The van der Waals surface area contributed by atoms with Gasteiger partial charge in [-0.2, -0.15) is 5.10 Å². The quantitative estimate of drug-likeness (QED) is 0.711. The number of rotatable bonds is 7. The van der Waals surface area contributed by atoms with E-state index >= 15 is 0 Å². The molecule has 4 heteroatoms. The molecule has 0 aliphatic heterocycles. The van der Waals surface area contributed by atoms with Crippen LogP contribution in [-0.2, 0) is 6.54 Å². The minimum atomic E-state index is -0.201. The summed E-state index contributed by atoms with van der Waals surface area (Å²) in [6.07, 6.45) is 7.93. The van der Waals surface area contributed by atoms with Gasteiger partial charge in [-0.05, 0) is 31.6 Å². The van der Waals surface area contributed by atoms with Crippen molar-refractivity contribution in [1.82, 2.24) is 9.78 Å². The number of aromatic nitrogens is 2. The Hall–Kier alpha value is -1.32. The van der Waals surface area contributed by atoms with E-state index in [1.54, 1.807) is 13.3 Å².